The first-order valence-electron chi connectivity index (χ1n) is 14.1. The van der Waals surface area contributed by atoms with Crippen LogP contribution in [0.25, 0.3) is 5.70 Å². The van der Waals surface area contributed by atoms with Crippen LogP contribution in [-0.4, -0.2) is 42.6 Å². The van der Waals surface area contributed by atoms with Crippen LogP contribution in [0.4, 0.5) is 0 Å². The average molecular weight is 488 g/mol. The number of hydrogen-bond acceptors (Lipinski definition) is 4. The zero-order chi connectivity index (χ0) is 25.2. The largest absolute Gasteiger partial charge is 0.493 e. The highest BCUT2D eigenvalue weighted by atomic mass is 16.5. The van der Waals surface area contributed by atoms with Gasteiger partial charge in [-0.05, 0) is 67.7 Å². The highest BCUT2D eigenvalue weighted by Crippen LogP contribution is 2.33. The number of likely N-dealkylation sites (tertiary alicyclic amines) is 2. The molecule has 2 heterocycles. The van der Waals surface area contributed by atoms with Crippen LogP contribution in [0, 0.1) is 0 Å². The maximum Gasteiger partial charge on any atom is 0.119 e. The first kappa shape index (κ1) is 26.3. The van der Waals surface area contributed by atoms with E-state index in [2.05, 4.69) is 84.3 Å². The summed E-state index contributed by atoms with van der Waals surface area (Å²) in [7, 11) is 0. The van der Waals surface area contributed by atoms with Crippen molar-refractivity contribution in [1.29, 1.82) is 0 Å². The van der Waals surface area contributed by atoms with Gasteiger partial charge in [0.05, 0.1) is 6.61 Å². The van der Waals surface area contributed by atoms with E-state index in [4.69, 9.17) is 10.5 Å². The number of piperidine rings is 1. The summed E-state index contributed by atoms with van der Waals surface area (Å²) in [5, 5.41) is 0. The van der Waals surface area contributed by atoms with E-state index in [0.717, 1.165) is 44.7 Å². The molecule has 2 aromatic rings. The lowest BCUT2D eigenvalue weighted by Gasteiger charge is -2.36. The summed E-state index contributed by atoms with van der Waals surface area (Å²) in [5.41, 5.74) is 12.6. The lowest BCUT2D eigenvalue weighted by Crippen LogP contribution is -2.31. The van der Waals surface area contributed by atoms with Crippen LogP contribution < -0.4 is 10.5 Å². The van der Waals surface area contributed by atoms with Crippen LogP contribution in [0.1, 0.15) is 81.4 Å². The molecule has 4 nitrogen and oxygen atoms in total. The Balaban J connectivity index is 1.37. The molecule has 0 aromatic heterocycles. The number of ether oxygens (including phenoxy) is 1. The molecule has 36 heavy (non-hydrogen) atoms. The molecule has 0 radical (unpaired) electrons. The molecule has 2 aliphatic heterocycles. The Hall–Kier alpha value is -2.72. The SMILES string of the molecule is CC/C=C(\CCOc1cccc(/C(=C\CC)N2CCC(c3cccc(CN)c3)CC2)c1)N1CCCC1. The number of nitrogens with zero attached hydrogens (tertiary/aromatic N) is 2. The number of benzene rings is 2. The molecule has 0 atom stereocenters. The fraction of sp³-hybridized carbons (Fsp3) is 0.500. The standard InChI is InChI=1S/C32H45N3O/c1-3-9-30(34-18-5-6-19-34)17-22-36-31-14-8-13-29(24-31)32(10-4-2)35-20-15-27(16-21-35)28-12-7-11-26(23-28)25-33/h7-14,23-24,27H,3-6,15-22,25,33H2,1-2H3/b30-9+,32-10+. The van der Waals surface area contributed by atoms with Gasteiger partial charge in [-0.25, -0.2) is 0 Å². The number of rotatable bonds is 11. The second-order valence-electron chi connectivity index (χ2n) is 10.1. The molecule has 0 spiro atoms. The van der Waals surface area contributed by atoms with Crippen molar-refractivity contribution < 1.29 is 4.74 Å². The molecule has 0 amide bonds. The second-order valence-corrected chi connectivity index (χ2v) is 10.1. The van der Waals surface area contributed by atoms with Crippen LogP contribution in [0.5, 0.6) is 5.75 Å². The monoisotopic (exact) mass is 487 g/mol. The van der Waals surface area contributed by atoms with E-state index in [0.29, 0.717) is 12.5 Å². The van der Waals surface area contributed by atoms with Crippen molar-refractivity contribution in [2.24, 2.45) is 5.73 Å². The molecular weight excluding hydrogens is 442 g/mol. The molecule has 0 unspecified atom stereocenters. The van der Waals surface area contributed by atoms with Gasteiger partial charge in [-0.1, -0.05) is 62.4 Å². The molecule has 2 saturated heterocycles. The zero-order valence-electron chi connectivity index (χ0n) is 22.4. The van der Waals surface area contributed by atoms with Gasteiger partial charge >= 0.3 is 0 Å². The van der Waals surface area contributed by atoms with Gasteiger partial charge in [-0.3, -0.25) is 0 Å². The number of hydrogen-bond donors (Lipinski definition) is 1. The quantitative estimate of drug-likeness (QED) is 0.373. The van der Waals surface area contributed by atoms with Crippen LogP contribution >= 0.6 is 0 Å². The van der Waals surface area contributed by atoms with E-state index >= 15 is 0 Å². The lowest BCUT2D eigenvalue weighted by molar-refractivity contribution is 0.294. The number of nitrogens with two attached hydrogens (primary N) is 1. The second kappa shape index (κ2) is 13.5. The average Bonchev–Trinajstić information content (AvgIpc) is 3.47. The summed E-state index contributed by atoms with van der Waals surface area (Å²) >= 11 is 0. The highest BCUT2D eigenvalue weighted by Gasteiger charge is 2.23. The Morgan fingerprint density at radius 2 is 1.67 bits per heavy atom. The van der Waals surface area contributed by atoms with Crippen LogP contribution in [0.2, 0.25) is 0 Å². The Morgan fingerprint density at radius 3 is 2.39 bits per heavy atom. The summed E-state index contributed by atoms with van der Waals surface area (Å²) < 4.78 is 6.27. The molecule has 2 N–H and O–H groups in total. The van der Waals surface area contributed by atoms with Gasteiger partial charge in [0, 0.05) is 56.1 Å². The molecule has 4 heteroatoms. The first-order valence-corrected chi connectivity index (χ1v) is 14.1. The summed E-state index contributed by atoms with van der Waals surface area (Å²) in [4.78, 5) is 5.11. The maximum atomic E-state index is 6.27. The van der Waals surface area contributed by atoms with E-state index in [-0.39, 0.29) is 0 Å². The third-order valence-electron chi connectivity index (χ3n) is 7.60. The van der Waals surface area contributed by atoms with Crippen molar-refractivity contribution in [2.75, 3.05) is 32.8 Å². The fourth-order valence-corrected chi connectivity index (χ4v) is 5.70. The van der Waals surface area contributed by atoms with Crippen LogP contribution in [-0.2, 0) is 6.54 Å². The molecule has 2 aliphatic rings. The van der Waals surface area contributed by atoms with E-state index in [1.807, 2.05) is 0 Å². The molecule has 194 valence electrons. The summed E-state index contributed by atoms with van der Waals surface area (Å²) in [6.07, 6.45) is 12.8. The maximum absolute atomic E-state index is 6.27. The fourth-order valence-electron chi connectivity index (χ4n) is 5.70. The van der Waals surface area contributed by atoms with Gasteiger partial charge in [-0.2, -0.15) is 0 Å². The van der Waals surface area contributed by atoms with Gasteiger partial charge in [0.15, 0.2) is 0 Å². The van der Waals surface area contributed by atoms with Gasteiger partial charge in [-0.15, -0.1) is 0 Å². The van der Waals surface area contributed by atoms with Gasteiger partial charge in [0.2, 0.25) is 0 Å². The normalized spacial score (nSPS) is 17.6. The number of allylic oxidation sites excluding steroid dienone is 2. The smallest absolute Gasteiger partial charge is 0.119 e. The Labute approximate surface area is 218 Å². The summed E-state index contributed by atoms with van der Waals surface area (Å²) in [6.45, 7) is 10.3. The minimum atomic E-state index is 0.614. The van der Waals surface area contributed by atoms with Gasteiger partial charge < -0.3 is 20.3 Å². The van der Waals surface area contributed by atoms with Crippen LogP contribution in [0.15, 0.2) is 66.4 Å². The molecule has 2 fully saturated rings. The van der Waals surface area contributed by atoms with E-state index in [1.165, 1.54) is 66.9 Å². The molecule has 2 aromatic carbocycles. The Bertz CT molecular complexity index is 1010. The van der Waals surface area contributed by atoms with Gasteiger partial charge in [0.25, 0.3) is 0 Å². The first-order chi connectivity index (χ1) is 17.7. The minimum Gasteiger partial charge on any atom is -0.493 e. The Kier molecular flexibility index (Phi) is 9.92. The summed E-state index contributed by atoms with van der Waals surface area (Å²) in [6, 6.07) is 17.6. The summed E-state index contributed by atoms with van der Waals surface area (Å²) in [5.74, 6) is 1.59. The predicted molar refractivity (Wildman–Crippen MR) is 152 cm³/mol. The van der Waals surface area contributed by atoms with Crippen molar-refractivity contribution in [3.8, 4) is 5.75 Å². The van der Waals surface area contributed by atoms with E-state index in [1.54, 1.807) is 0 Å². The van der Waals surface area contributed by atoms with Crippen molar-refractivity contribution in [1.82, 2.24) is 9.80 Å². The van der Waals surface area contributed by atoms with E-state index < -0.39 is 0 Å². The van der Waals surface area contributed by atoms with E-state index in [9.17, 15) is 0 Å². The van der Waals surface area contributed by atoms with Crippen molar-refractivity contribution in [2.45, 2.75) is 71.3 Å². The minimum absolute atomic E-state index is 0.614. The van der Waals surface area contributed by atoms with Crippen molar-refractivity contribution >= 4 is 5.70 Å². The zero-order valence-corrected chi connectivity index (χ0v) is 22.4. The Morgan fingerprint density at radius 1 is 0.917 bits per heavy atom. The molecular formula is C32H45N3O. The highest BCUT2D eigenvalue weighted by molar-refractivity contribution is 5.65. The van der Waals surface area contributed by atoms with Crippen molar-refractivity contribution in [3.05, 3.63) is 83.1 Å². The molecule has 0 saturated carbocycles. The molecule has 0 bridgehead atoms. The lowest BCUT2D eigenvalue weighted by atomic mass is 9.88. The van der Waals surface area contributed by atoms with Crippen molar-refractivity contribution in [3.63, 3.8) is 0 Å². The predicted octanol–water partition coefficient (Wildman–Crippen LogP) is 6.93. The topological polar surface area (TPSA) is 41.7 Å². The molecule has 4 rings (SSSR count). The third-order valence-corrected chi connectivity index (χ3v) is 7.60. The molecule has 0 aliphatic carbocycles. The van der Waals surface area contributed by atoms with Gasteiger partial charge in [0.1, 0.15) is 5.75 Å². The van der Waals surface area contributed by atoms with Crippen LogP contribution in [0.3, 0.4) is 0 Å². The third kappa shape index (κ3) is 6.94.